The fourth-order valence-corrected chi connectivity index (χ4v) is 3.82. The zero-order valence-electron chi connectivity index (χ0n) is 20.6. The summed E-state index contributed by atoms with van der Waals surface area (Å²) < 4.78 is 0. The number of hydrogen-bond acceptors (Lipinski definition) is 2. The predicted octanol–water partition coefficient (Wildman–Crippen LogP) is 5.72. The van der Waals surface area contributed by atoms with Gasteiger partial charge in [0.05, 0.1) is 13.1 Å². The maximum Gasteiger partial charge on any atom is 0.301 e. The zero-order chi connectivity index (χ0) is 21.0. The molecule has 0 fully saturated rings. The summed E-state index contributed by atoms with van der Waals surface area (Å²) in [5.74, 6) is 0. The average molecular weight is 398 g/mol. The van der Waals surface area contributed by atoms with Crippen molar-refractivity contribution in [2.75, 3.05) is 39.3 Å². The summed E-state index contributed by atoms with van der Waals surface area (Å²) in [5, 5.41) is 0. The Balaban J connectivity index is 5.67. The quantitative estimate of drug-likeness (QED) is 0.265. The van der Waals surface area contributed by atoms with Gasteiger partial charge in [-0.05, 0) is 38.5 Å². The van der Waals surface area contributed by atoms with Gasteiger partial charge >= 0.3 is 6.29 Å². The molecule has 3 heteroatoms. The van der Waals surface area contributed by atoms with Crippen molar-refractivity contribution in [1.29, 1.82) is 0 Å². The lowest BCUT2D eigenvalue weighted by Crippen LogP contribution is -3.15. The van der Waals surface area contributed by atoms with Crippen molar-refractivity contribution in [3.8, 4) is 0 Å². The molecule has 0 aliphatic rings. The maximum atomic E-state index is 2.80. The van der Waals surface area contributed by atoms with Crippen LogP contribution in [0.3, 0.4) is 0 Å². The van der Waals surface area contributed by atoms with E-state index in [4.69, 9.17) is 0 Å². The highest BCUT2D eigenvalue weighted by Crippen LogP contribution is 2.15. The van der Waals surface area contributed by atoms with E-state index in [-0.39, 0.29) is 0 Å². The van der Waals surface area contributed by atoms with Gasteiger partial charge < -0.3 is 0 Å². The molecule has 0 heterocycles. The van der Waals surface area contributed by atoms with Gasteiger partial charge in [0.15, 0.2) is 0 Å². The van der Waals surface area contributed by atoms with E-state index in [1.165, 1.54) is 116 Å². The largest absolute Gasteiger partial charge is 0.301 e. The molecule has 0 spiro atoms. The van der Waals surface area contributed by atoms with Crippen LogP contribution in [0.5, 0.6) is 0 Å². The number of nitrogens with one attached hydrogen (secondary N) is 1. The van der Waals surface area contributed by atoms with Gasteiger partial charge in [-0.15, -0.1) is 0 Å². The Kier molecular flexibility index (Phi) is 20.1. The normalized spacial score (nSPS) is 12.2. The van der Waals surface area contributed by atoms with Crippen molar-refractivity contribution in [3.05, 3.63) is 6.29 Å². The molecule has 0 amide bonds. The summed E-state index contributed by atoms with van der Waals surface area (Å²) in [6, 6.07) is 0. The van der Waals surface area contributed by atoms with Crippen LogP contribution < -0.4 is 4.90 Å². The molecule has 0 bridgehead atoms. The molecule has 28 heavy (non-hydrogen) atoms. The van der Waals surface area contributed by atoms with Crippen molar-refractivity contribution >= 4 is 0 Å². The summed E-state index contributed by atoms with van der Waals surface area (Å²) in [6.45, 7) is 21.6. The molecule has 1 N–H and O–H groups in total. The van der Waals surface area contributed by atoms with Crippen molar-refractivity contribution in [1.82, 2.24) is 9.80 Å². The van der Waals surface area contributed by atoms with E-state index in [0.717, 1.165) is 0 Å². The van der Waals surface area contributed by atoms with Gasteiger partial charge in [0.2, 0.25) is 0 Å². The Morgan fingerprint density at radius 3 is 1.00 bits per heavy atom. The first-order valence-electron chi connectivity index (χ1n) is 12.9. The minimum absolute atomic E-state index is 1.24. The van der Waals surface area contributed by atoms with E-state index < -0.39 is 0 Å². The third-order valence-corrected chi connectivity index (χ3v) is 5.71. The first-order valence-corrected chi connectivity index (χ1v) is 12.9. The summed E-state index contributed by atoms with van der Waals surface area (Å²) in [7, 11) is 0. The number of unbranched alkanes of at least 4 members (excludes halogenated alkanes) is 6. The monoisotopic (exact) mass is 397 g/mol. The number of rotatable bonds is 21. The van der Waals surface area contributed by atoms with Gasteiger partial charge in [-0.3, -0.25) is 4.90 Å². The molecule has 0 aromatic carbocycles. The first-order chi connectivity index (χ1) is 13.7. The average Bonchev–Trinajstić information content (AvgIpc) is 2.72. The van der Waals surface area contributed by atoms with Gasteiger partial charge in [-0.25, -0.2) is 9.80 Å². The van der Waals surface area contributed by atoms with Gasteiger partial charge in [-0.2, -0.15) is 0 Å². The van der Waals surface area contributed by atoms with Crippen LogP contribution in [0.4, 0.5) is 0 Å². The second-order valence-corrected chi connectivity index (χ2v) is 8.52. The van der Waals surface area contributed by atoms with Crippen LogP contribution in [0.2, 0.25) is 0 Å². The van der Waals surface area contributed by atoms with Gasteiger partial charge in [0.1, 0.15) is 0 Å². The van der Waals surface area contributed by atoms with Crippen molar-refractivity contribution < 1.29 is 4.90 Å². The van der Waals surface area contributed by atoms with Crippen LogP contribution >= 0.6 is 0 Å². The van der Waals surface area contributed by atoms with E-state index in [2.05, 4.69) is 51.3 Å². The van der Waals surface area contributed by atoms with Gasteiger partial charge in [0, 0.05) is 26.2 Å². The molecule has 169 valence electrons. The molecule has 0 aliphatic carbocycles. The molecule has 1 radical (unpaired) electrons. The lowest BCUT2D eigenvalue weighted by Gasteiger charge is -2.41. The fraction of sp³-hybridized carbons (Fsp3) is 0.960. The Morgan fingerprint density at radius 2 is 0.750 bits per heavy atom. The first kappa shape index (κ1) is 27.9. The minimum atomic E-state index is 1.24. The second-order valence-electron chi connectivity index (χ2n) is 8.52. The van der Waals surface area contributed by atoms with E-state index in [9.17, 15) is 0 Å². The summed E-state index contributed by atoms with van der Waals surface area (Å²) in [6.07, 6.45) is 17.4. The van der Waals surface area contributed by atoms with E-state index in [0.29, 0.717) is 0 Å². The summed E-state index contributed by atoms with van der Waals surface area (Å²) in [5.41, 5.74) is 0. The van der Waals surface area contributed by atoms with Gasteiger partial charge in [0.25, 0.3) is 0 Å². The number of quaternary nitrogens is 1. The van der Waals surface area contributed by atoms with E-state index in [1.807, 2.05) is 0 Å². The number of nitrogens with zero attached hydrogens (tertiary/aromatic N) is 2. The predicted molar refractivity (Wildman–Crippen MR) is 127 cm³/mol. The molecular formula is C25H55N3+. The third kappa shape index (κ3) is 12.4. The summed E-state index contributed by atoms with van der Waals surface area (Å²) in [4.78, 5) is 7.38. The molecule has 0 unspecified atom stereocenters. The van der Waals surface area contributed by atoms with Crippen LogP contribution in [0.1, 0.15) is 119 Å². The Bertz CT molecular complexity index is 237. The fourth-order valence-electron chi connectivity index (χ4n) is 3.82. The van der Waals surface area contributed by atoms with E-state index in [1.54, 1.807) is 11.2 Å². The molecule has 0 saturated carbocycles. The minimum Gasteiger partial charge on any atom is -0.296 e. The second kappa shape index (κ2) is 20.2. The smallest absolute Gasteiger partial charge is 0.296 e. The van der Waals surface area contributed by atoms with Crippen molar-refractivity contribution in [2.45, 2.75) is 119 Å². The SMILES string of the molecule is CCCCN(CCCC)[C](N(CCCC)CCCC)[NH+](CCCC)CCCC. The molecule has 0 atom stereocenters. The highest BCUT2D eigenvalue weighted by Gasteiger charge is 2.36. The standard InChI is InChI=1S/C25H55N3/c1-7-13-19-26(20-14-8-2)25(27(21-15-9-3)22-16-10-4)28(23-17-11-5)24-18-12-6/h26H,7-24H2,1-6H3/q+1. The van der Waals surface area contributed by atoms with Crippen LogP contribution in [-0.2, 0) is 0 Å². The molecule has 3 nitrogen and oxygen atoms in total. The third-order valence-electron chi connectivity index (χ3n) is 5.71. The van der Waals surface area contributed by atoms with Crippen LogP contribution in [0.15, 0.2) is 0 Å². The highest BCUT2D eigenvalue weighted by molar-refractivity contribution is 4.80. The highest BCUT2D eigenvalue weighted by atomic mass is 15.5. The molecular weight excluding hydrogens is 342 g/mol. The van der Waals surface area contributed by atoms with Crippen LogP contribution in [-0.4, -0.2) is 49.1 Å². The molecule has 0 saturated heterocycles. The van der Waals surface area contributed by atoms with E-state index >= 15 is 0 Å². The van der Waals surface area contributed by atoms with Crippen LogP contribution in [0.25, 0.3) is 0 Å². The lowest BCUT2D eigenvalue weighted by molar-refractivity contribution is -0.909. The Hall–Kier alpha value is -0.120. The molecule has 0 rings (SSSR count). The molecule has 0 aromatic heterocycles. The Labute approximate surface area is 179 Å². The van der Waals surface area contributed by atoms with Crippen molar-refractivity contribution in [3.63, 3.8) is 0 Å². The summed E-state index contributed by atoms with van der Waals surface area (Å²) >= 11 is 0. The lowest BCUT2D eigenvalue weighted by atomic mass is 10.2. The number of hydrogen-bond donors (Lipinski definition) is 1. The molecule has 0 aliphatic heterocycles. The molecule has 0 aromatic rings. The Morgan fingerprint density at radius 1 is 0.464 bits per heavy atom. The van der Waals surface area contributed by atoms with Crippen LogP contribution in [0, 0.1) is 6.29 Å². The maximum absolute atomic E-state index is 2.80. The topological polar surface area (TPSA) is 10.9 Å². The van der Waals surface area contributed by atoms with Gasteiger partial charge in [-0.1, -0.05) is 80.1 Å². The zero-order valence-corrected chi connectivity index (χ0v) is 20.6. The van der Waals surface area contributed by atoms with Crippen molar-refractivity contribution in [2.24, 2.45) is 0 Å².